The minimum atomic E-state index is -2.82. The van der Waals surface area contributed by atoms with Gasteiger partial charge in [-0.15, -0.1) is 9.46 Å². The molecule has 0 unspecified atom stereocenters. The molecule has 1 N–H and O–H groups in total. The highest BCUT2D eigenvalue weighted by molar-refractivity contribution is 7.61. The monoisotopic (exact) mass is 496 g/mol. The predicted molar refractivity (Wildman–Crippen MR) is 131 cm³/mol. The molecule has 2 aromatic rings. The first-order valence-electron chi connectivity index (χ1n) is 10.9. The predicted octanol–water partition coefficient (Wildman–Crippen LogP) is 5.21. The Hall–Kier alpha value is -3.96. The lowest BCUT2D eigenvalue weighted by molar-refractivity contribution is 0.0523. The normalized spacial score (nSPS) is 13.9. The summed E-state index contributed by atoms with van der Waals surface area (Å²) in [6, 6.07) is 9.10. The highest BCUT2D eigenvalue weighted by Crippen LogP contribution is 2.39. The van der Waals surface area contributed by atoms with Crippen molar-refractivity contribution in [1.29, 1.82) is 10.5 Å². The lowest BCUT2D eigenvalue weighted by Gasteiger charge is -2.26. The van der Waals surface area contributed by atoms with E-state index in [-0.39, 0.29) is 16.7 Å². The van der Waals surface area contributed by atoms with E-state index in [1.54, 1.807) is 52.8 Å². The average Bonchev–Trinajstić information content (AvgIpc) is 3.10. The lowest BCUT2D eigenvalue weighted by atomic mass is 9.81. The summed E-state index contributed by atoms with van der Waals surface area (Å²) in [6.07, 6.45) is 0.456. The largest absolute Gasteiger partial charge is 0.442 e. The summed E-state index contributed by atoms with van der Waals surface area (Å²) in [7, 11) is -2.82. The molecule has 0 saturated heterocycles. The molecule has 0 spiro atoms. The Kier molecular flexibility index (Phi) is 8.56. The van der Waals surface area contributed by atoms with E-state index in [4.69, 9.17) is 4.74 Å². The van der Waals surface area contributed by atoms with Crippen LogP contribution in [0.15, 0.2) is 45.1 Å². The van der Waals surface area contributed by atoms with Gasteiger partial charge in [-0.05, 0) is 52.3 Å². The van der Waals surface area contributed by atoms with Crippen LogP contribution in [0.1, 0.15) is 66.4 Å². The third kappa shape index (κ3) is 6.14. The number of rotatable bonds is 2. The van der Waals surface area contributed by atoms with Gasteiger partial charge in [-0.2, -0.15) is 23.6 Å². The third-order valence-electron chi connectivity index (χ3n) is 4.75. The first kappa shape index (κ1) is 27.3. The quantitative estimate of drug-likeness (QED) is 0.595. The highest BCUT2D eigenvalue weighted by atomic mass is 32.2. The van der Waals surface area contributed by atoms with Crippen LogP contribution in [-0.4, -0.2) is 29.9 Å². The summed E-state index contributed by atoms with van der Waals surface area (Å²) in [5, 5.41) is 26.7. The maximum Gasteiger partial charge on any atom is 0.435 e. The SMILES string of the molecule is CC1=C(C#N)C(c2ccc3c(c2)c(N=S(=O)=O)nn3C(=O)OC(C)(C)C)C(C#N)=C(C)N1.CCC. The van der Waals surface area contributed by atoms with Crippen molar-refractivity contribution >= 4 is 33.3 Å². The van der Waals surface area contributed by atoms with Crippen LogP contribution >= 0.6 is 0 Å². The minimum Gasteiger partial charge on any atom is -0.442 e. The van der Waals surface area contributed by atoms with Crippen LogP contribution in [0, 0.1) is 22.7 Å². The first-order chi connectivity index (χ1) is 16.4. The van der Waals surface area contributed by atoms with Gasteiger partial charge in [0.1, 0.15) is 5.60 Å². The van der Waals surface area contributed by atoms with Crippen molar-refractivity contribution in [3.8, 4) is 12.1 Å². The summed E-state index contributed by atoms with van der Waals surface area (Å²) < 4.78 is 32.3. The maximum atomic E-state index is 12.6. The zero-order valence-corrected chi connectivity index (χ0v) is 21.6. The van der Waals surface area contributed by atoms with E-state index in [2.05, 4.69) is 40.8 Å². The molecule has 0 aliphatic carbocycles. The van der Waals surface area contributed by atoms with Crippen molar-refractivity contribution in [2.24, 2.45) is 4.36 Å². The van der Waals surface area contributed by atoms with Crippen LogP contribution in [0.5, 0.6) is 0 Å². The summed E-state index contributed by atoms with van der Waals surface area (Å²) >= 11 is 0. The second-order valence-electron chi connectivity index (χ2n) is 8.87. The number of nitrogens with one attached hydrogen (secondary N) is 1. The number of benzene rings is 1. The molecule has 0 bridgehead atoms. The fourth-order valence-electron chi connectivity index (χ4n) is 3.51. The maximum absolute atomic E-state index is 12.6. The summed E-state index contributed by atoms with van der Waals surface area (Å²) in [4.78, 5) is 12.6. The van der Waals surface area contributed by atoms with Crippen molar-refractivity contribution < 1.29 is 17.9 Å². The van der Waals surface area contributed by atoms with Gasteiger partial charge in [-0.3, -0.25) is 0 Å². The van der Waals surface area contributed by atoms with Crippen molar-refractivity contribution in [3.63, 3.8) is 0 Å². The van der Waals surface area contributed by atoms with Gasteiger partial charge in [-0.25, -0.2) is 4.79 Å². The van der Waals surface area contributed by atoms with Gasteiger partial charge in [0.05, 0.1) is 34.7 Å². The molecule has 0 radical (unpaired) electrons. The number of fused-ring (bicyclic) bond motifs is 1. The fourth-order valence-corrected chi connectivity index (χ4v) is 3.78. The third-order valence-corrected chi connectivity index (χ3v) is 5.07. The Balaban J connectivity index is 0.00000137. The summed E-state index contributed by atoms with van der Waals surface area (Å²) in [5.74, 6) is -0.862. The highest BCUT2D eigenvalue weighted by Gasteiger charge is 2.30. The molecule has 35 heavy (non-hydrogen) atoms. The number of ether oxygens (including phenoxy) is 1. The van der Waals surface area contributed by atoms with Gasteiger partial charge in [0.25, 0.3) is 0 Å². The van der Waals surface area contributed by atoms with Crippen LogP contribution in [0.3, 0.4) is 0 Å². The summed E-state index contributed by atoms with van der Waals surface area (Å²) in [6.45, 7) is 12.8. The van der Waals surface area contributed by atoms with E-state index < -0.39 is 28.1 Å². The number of hydrogen-bond acceptors (Lipinski definition) is 9. The van der Waals surface area contributed by atoms with E-state index in [0.717, 1.165) is 4.68 Å². The Bertz CT molecular complexity index is 1400. The number of nitrogens with zero attached hydrogens (tertiary/aromatic N) is 5. The van der Waals surface area contributed by atoms with Crippen molar-refractivity contribution in [2.45, 2.75) is 66.4 Å². The molecule has 1 aromatic heterocycles. The van der Waals surface area contributed by atoms with Crippen molar-refractivity contribution in [3.05, 3.63) is 46.3 Å². The number of dihydropyridines is 1. The second-order valence-corrected chi connectivity index (χ2v) is 9.48. The molecule has 0 atom stereocenters. The summed E-state index contributed by atoms with van der Waals surface area (Å²) in [5.41, 5.74) is 1.99. The lowest BCUT2D eigenvalue weighted by Crippen LogP contribution is -2.27. The van der Waals surface area contributed by atoms with Crippen LogP contribution in [0.4, 0.5) is 10.6 Å². The number of hydrogen-bond donors (Lipinski definition) is 1. The number of carbonyl (C=O) groups excluding carboxylic acids is 1. The Morgan fingerprint density at radius 3 is 2.17 bits per heavy atom. The molecule has 1 aliphatic heterocycles. The average molecular weight is 497 g/mol. The number of aromatic nitrogens is 2. The molecule has 1 aromatic carbocycles. The molecule has 3 rings (SSSR count). The zero-order chi connectivity index (χ0) is 26.5. The van der Waals surface area contributed by atoms with E-state index in [1.807, 2.05) is 0 Å². The van der Waals surface area contributed by atoms with Gasteiger partial charge in [0.2, 0.25) is 0 Å². The van der Waals surface area contributed by atoms with Gasteiger partial charge in [-0.1, -0.05) is 26.3 Å². The van der Waals surface area contributed by atoms with Crippen molar-refractivity contribution in [2.75, 3.05) is 0 Å². The molecule has 0 saturated carbocycles. The van der Waals surface area contributed by atoms with E-state index in [0.29, 0.717) is 28.1 Å². The number of allylic oxidation sites excluding steroid dienone is 4. The van der Waals surface area contributed by atoms with Crippen molar-refractivity contribution in [1.82, 2.24) is 15.1 Å². The second kappa shape index (κ2) is 11.0. The minimum absolute atomic E-state index is 0.201. The van der Waals surface area contributed by atoms with Crippen LogP contribution < -0.4 is 5.32 Å². The van der Waals surface area contributed by atoms with E-state index >= 15 is 0 Å². The Morgan fingerprint density at radius 2 is 1.71 bits per heavy atom. The standard InChI is InChI=1S/C21H20N6O4S.C3H8/c1-11-15(9-22)18(16(10-23)12(2)24-11)13-6-7-17-14(8-13)19(26-32(29)30)25-27(17)20(28)31-21(3,4)5;1-3-2/h6-8,18,24H,1-5H3;3H2,1-2H3. The molecule has 11 heteroatoms. The Labute approximate surface area is 206 Å². The van der Waals surface area contributed by atoms with Gasteiger partial charge in [0.15, 0.2) is 5.82 Å². The molecule has 2 heterocycles. The first-order valence-corrected chi connectivity index (χ1v) is 12.0. The smallest absolute Gasteiger partial charge is 0.435 e. The van der Waals surface area contributed by atoms with Gasteiger partial charge >= 0.3 is 16.6 Å². The number of nitriles is 2. The van der Waals surface area contributed by atoms with Crippen LogP contribution in [-0.2, 0) is 15.2 Å². The molecule has 184 valence electrons. The van der Waals surface area contributed by atoms with E-state index in [1.165, 1.54) is 6.42 Å². The molecule has 10 nitrogen and oxygen atoms in total. The molecule has 1 aliphatic rings. The van der Waals surface area contributed by atoms with Gasteiger partial charge in [0, 0.05) is 16.8 Å². The zero-order valence-electron chi connectivity index (χ0n) is 20.8. The topological polar surface area (TPSA) is 150 Å². The fraction of sp³-hybridized carbons (Fsp3) is 0.417. The van der Waals surface area contributed by atoms with Crippen LogP contribution in [0.25, 0.3) is 10.9 Å². The van der Waals surface area contributed by atoms with Gasteiger partial charge < -0.3 is 10.1 Å². The molecule has 0 amide bonds. The molecule has 0 fully saturated rings. The Morgan fingerprint density at radius 1 is 1.17 bits per heavy atom. The number of carbonyl (C=O) groups is 1. The molecular formula is C24H28N6O4S. The molecular weight excluding hydrogens is 468 g/mol. The van der Waals surface area contributed by atoms with E-state index in [9.17, 15) is 23.7 Å². The van der Waals surface area contributed by atoms with Crippen LogP contribution in [0.2, 0.25) is 0 Å².